The molecule has 1 aromatic rings. The van der Waals surface area contributed by atoms with E-state index in [0.717, 1.165) is 18.7 Å². The Morgan fingerprint density at radius 3 is 2.50 bits per heavy atom. The van der Waals surface area contributed by atoms with Crippen molar-refractivity contribution in [2.75, 3.05) is 13.1 Å². The average molecular weight is 191 g/mol. The van der Waals surface area contributed by atoms with Crippen LogP contribution in [0.5, 0.6) is 0 Å². The van der Waals surface area contributed by atoms with Crippen LogP contribution in [0.4, 0.5) is 0 Å². The molecule has 0 amide bonds. The molecule has 0 atom stereocenters. The lowest BCUT2D eigenvalue weighted by molar-refractivity contribution is 0.0983. The summed E-state index contributed by atoms with van der Waals surface area (Å²) in [6.45, 7) is 5.74. The van der Waals surface area contributed by atoms with Gasteiger partial charge in [-0.05, 0) is 13.5 Å². The molecule has 0 saturated carbocycles. The van der Waals surface area contributed by atoms with Gasteiger partial charge in [0.25, 0.3) is 0 Å². The van der Waals surface area contributed by atoms with Crippen molar-refractivity contribution in [2.45, 2.75) is 20.3 Å². The fraction of sp³-hybridized carbons (Fsp3) is 0.417. The van der Waals surface area contributed by atoms with Crippen LogP contribution in [0.25, 0.3) is 0 Å². The standard InChI is InChI=1S/C12H17NO/c1-3-13-9-8-12(14)11-6-4-10(2)5-7-11/h4-7,13H,3,8-9H2,1-2H3. The Morgan fingerprint density at radius 1 is 1.29 bits per heavy atom. The van der Waals surface area contributed by atoms with Gasteiger partial charge in [-0.1, -0.05) is 36.8 Å². The highest BCUT2D eigenvalue weighted by atomic mass is 16.1. The largest absolute Gasteiger partial charge is 0.317 e. The van der Waals surface area contributed by atoms with Crippen LogP contribution in [-0.4, -0.2) is 18.9 Å². The summed E-state index contributed by atoms with van der Waals surface area (Å²) in [5.41, 5.74) is 2.00. The summed E-state index contributed by atoms with van der Waals surface area (Å²) in [6, 6.07) is 7.73. The van der Waals surface area contributed by atoms with Gasteiger partial charge < -0.3 is 5.32 Å². The highest BCUT2D eigenvalue weighted by Gasteiger charge is 2.03. The second-order valence-corrected chi connectivity index (χ2v) is 3.39. The Bertz CT molecular complexity index is 290. The molecule has 0 aliphatic heterocycles. The summed E-state index contributed by atoms with van der Waals surface area (Å²) in [4.78, 5) is 11.6. The number of benzene rings is 1. The summed E-state index contributed by atoms with van der Waals surface area (Å²) < 4.78 is 0. The first-order chi connectivity index (χ1) is 6.74. The number of carbonyl (C=O) groups is 1. The van der Waals surface area contributed by atoms with E-state index in [-0.39, 0.29) is 5.78 Å². The number of hydrogen-bond acceptors (Lipinski definition) is 2. The molecule has 0 aliphatic carbocycles. The van der Waals surface area contributed by atoms with Crippen molar-refractivity contribution in [2.24, 2.45) is 0 Å². The van der Waals surface area contributed by atoms with Crippen molar-refractivity contribution in [1.82, 2.24) is 5.32 Å². The van der Waals surface area contributed by atoms with Crippen molar-refractivity contribution >= 4 is 5.78 Å². The summed E-state index contributed by atoms with van der Waals surface area (Å²) in [5.74, 6) is 0.214. The highest BCUT2D eigenvalue weighted by molar-refractivity contribution is 5.96. The van der Waals surface area contributed by atoms with E-state index in [1.165, 1.54) is 5.56 Å². The van der Waals surface area contributed by atoms with Gasteiger partial charge in [0.2, 0.25) is 0 Å². The molecular weight excluding hydrogens is 174 g/mol. The van der Waals surface area contributed by atoms with Gasteiger partial charge in [0.05, 0.1) is 0 Å². The van der Waals surface area contributed by atoms with Gasteiger partial charge in [0, 0.05) is 18.5 Å². The van der Waals surface area contributed by atoms with Gasteiger partial charge in [-0.2, -0.15) is 0 Å². The van der Waals surface area contributed by atoms with E-state index in [0.29, 0.717) is 6.42 Å². The minimum Gasteiger partial charge on any atom is -0.317 e. The number of nitrogens with one attached hydrogen (secondary N) is 1. The molecule has 76 valence electrons. The van der Waals surface area contributed by atoms with Crippen LogP contribution in [0.3, 0.4) is 0 Å². The maximum Gasteiger partial charge on any atom is 0.164 e. The Balaban J connectivity index is 2.48. The van der Waals surface area contributed by atoms with Gasteiger partial charge in [0.15, 0.2) is 5.78 Å². The van der Waals surface area contributed by atoms with Crippen molar-refractivity contribution in [1.29, 1.82) is 0 Å². The SMILES string of the molecule is CCNCCC(=O)c1ccc(C)cc1. The summed E-state index contributed by atoms with van der Waals surface area (Å²) in [5, 5.41) is 3.14. The Morgan fingerprint density at radius 2 is 1.93 bits per heavy atom. The first kappa shape index (κ1) is 10.9. The Labute approximate surface area is 85.3 Å². The van der Waals surface area contributed by atoms with E-state index in [1.807, 2.05) is 38.1 Å². The predicted octanol–water partition coefficient (Wildman–Crippen LogP) is 2.18. The maximum absolute atomic E-state index is 11.6. The lowest BCUT2D eigenvalue weighted by Gasteiger charge is -2.02. The van der Waals surface area contributed by atoms with E-state index in [1.54, 1.807) is 0 Å². The zero-order chi connectivity index (χ0) is 10.4. The topological polar surface area (TPSA) is 29.1 Å². The predicted molar refractivity (Wildman–Crippen MR) is 58.7 cm³/mol. The molecular formula is C12H17NO. The molecule has 0 heterocycles. The minimum atomic E-state index is 0.214. The molecule has 0 radical (unpaired) electrons. The lowest BCUT2D eigenvalue weighted by Crippen LogP contribution is -2.17. The summed E-state index contributed by atoms with van der Waals surface area (Å²) >= 11 is 0. The molecule has 1 N–H and O–H groups in total. The first-order valence-corrected chi connectivity index (χ1v) is 5.04. The van der Waals surface area contributed by atoms with Crippen LogP contribution in [-0.2, 0) is 0 Å². The van der Waals surface area contributed by atoms with Gasteiger partial charge in [-0.15, -0.1) is 0 Å². The van der Waals surface area contributed by atoms with Gasteiger partial charge in [-0.3, -0.25) is 4.79 Å². The molecule has 0 spiro atoms. The van der Waals surface area contributed by atoms with Gasteiger partial charge >= 0.3 is 0 Å². The Hall–Kier alpha value is -1.15. The molecule has 2 nitrogen and oxygen atoms in total. The second kappa shape index (κ2) is 5.55. The van der Waals surface area contributed by atoms with Gasteiger partial charge in [0.1, 0.15) is 0 Å². The molecule has 0 bridgehead atoms. The van der Waals surface area contributed by atoms with E-state index < -0.39 is 0 Å². The molecule has 0 unspecified atom stereocenters. The molecule has 1 aromatic carbocycles. The molecule has 0 aromatic heterocycles. The number of Topliss-reactive ketones (excluding diaryl/α,β-unsaturated/α-hetero) is 1. The van der Waals surface area contributed by atoms with Crippen LogP contribution in [0.1, 0.15) is 29.3 Å². The van der Waals surface area contributed by atoms with E-state index >= 15 is 0 Å². The third-order valence-electron chi connectivity index (χ3n) is 2.15. The minimum absolute atomic E-state index is 0.214. The molecule has 0 saturated heterocycles. The van der Waals surface area contributed by atoms with Crippen molar-refractivity contribution in [3.8, 4) is 0 Å². The van der Waals surface area contributed by atoms with Crippen LogP contribution in [0.15, 0.2) is 24.3 Å². The van der Waals surface area contributed by atoms with Crippen LogP contribution < -0.4 is 5.32 Å². The maximum atomic E-state index is 11.6. The monoisotopic (exact) mass is 191 g/mol. The number of rotatable bonds is 5. The summed E-state index contributed by atoms with van der Waals surface area (Å²) in [6.07, 6.45) is 0.580. The third kappa shape index (κ3) is 3.30. The average Bonchev–Trinajstić information content (AvgIpc) is 2.19. The smallest absolute Gasteiger partial charge is 0.164 e. The summed E-state index contributed by atoms with van der Waals surface area (Å²) in [7, 11) is 0. The van der Waals surface area contributed by atoms with Crippen molar-refractivity contribution < 1.29 is 4.79 Å². The fourth-order valence-corrected chi connectivity index (χ4v) is 1.26. The highest BCUT2D eigenvalue weighted by Crippen LogP contribution is 2.05. The normalized spacial score (nSPS) is 10.1. The second-order valence-electron chi connectivity index (χ2n) is 3.39. The first-order valence-electron chi connectivity index (χ1n) is 5.04. The van der Waals surface area contributed by atoms with E-state index in [9.17, 15) is 4.79 Å². The van der Waals surface area contributed by atoms with Gasteiger partial charge in [-0.25, -0.2) is 0 Å². The zero-order valence-electron chi connectivity index (χ0n) is 8.84. The lowest BCUT2D eigenvalue weighted by atomic mass is 10.1. The number of hydrogen-bond donors (Lipinski definition) is 1. The number of ketones is 1. The third-order valence-corrected chi connectivity index (χ3v) is 2.15. The zero-order valence-corrected chi connectivity index (χ0v) is 8.84. The van der Waals surface area contributed by atoms with Crippen molar-refractivity contribution in [3.63, 3.8) is 0 Å². The fourth-order valence-electron chi connectivity index (χ4n) is 1.26. The molecule has 1 rings (SSSR count). The number of carbonyl (C=O) groups excluding carboxylic acids is 1. The molecule has 0 aliphatic rings. The van der Waals surface area contributed by atoms with E-state index in [4.69, 9.17) is 0 Å². The quantitative estimate of drug-likeness (QED) is 0.571. The van der Waals surface area contributed by atoms with Crippen LogP contribution in [0.2, 0.25) is 0 Å². The Kier molecular flexibility index (Phi) is 4.33. The van der Waals surface area contributed by atoms with Crippen molar-refractivity contribution in [3.05, 3.63) is 35.4 Å². The van der Waals surface area contributed by atoms with E-state index in [2.05, 4.69) is 5.32 Å². The number of aryl methyl sites for hydroxylation is 1. The molecule has 14 heavy (non-hydrogen) atoms. The molecule has 0 fully saturated rings. The van der Waals surface area contributed by atoms with Crippen LogP contribution >= 0.6 is 0 Å². The molecule has 2 heteroatoms. The van der Waals surface area contributed by atoms with Crippen LogP contribution in [0, 0.1) is 6.92 Å².